The molecule has 1 atom stereocenters. The van der Waals surface area contributed by atoms with Crippen molar-refractivity contribution in [2.24, 2.45) is 5.92 Å². The number of carboxylic acids is 1. The number of hydrogen-bond donors (Lipinski definition) is 2. The van der Waals surface area contributed by atoms with Crippen molar-refractivity contribution < 1.29 is 9.90 Å². The van der Waals surface area contributed by atoms with Crippen LogP contribution in [0.4, 0.5) is 11.8 Å². The number of fused-ring (bicyclic) bond motifs is 1. The minimum absolute atomic E-state index is 0.0155. The number of piperidine rings is 1. The molecule has 3 heterocycles. The van der Waals surface area contributed by atoms with Gasteiger partial charge in [0.1, 0.15) is 5.82 Å². The number of aromatic nitrogens is 5. The highest BCUT2D eigenvalue weighted by molar-refractivity contribution is 5.84. The number of carboxylic acid groups (broad SMARTS) is 1. The van der Waals surface area contributed by atoms with Gasteiger partial charge in [0.05, 0.1) is 11.9 Å². The van der Waals surface area contributed by atoms with Gasteiger partial charge in [-0.15, -0.1) is 5.10 Å². The van der Waals surface area contributed by atoms with E-state index >= 15 is 0 Å². The maximum atomic E-state index is 11.0. The van der Waals surface area contributed by atoms with E-state index in [1.165, 1.54) is 17.5 Å². The summed E-state index contributed by atoms with van der Waals surface area (Å²) in [5, 5.41) is 19.8. The van der Waals surface area contributed by atoms with Crippen molar-refractivity contribution in [3.05, 3.63) is 23.1 Å². The third-order valence-corrected chi connectivity index (χ3v) is 5.16. The smallest absolute Gasteiger partial charge is 0.358 e. The summed E-state index contributed by atoms with van der Waals surface area (Å²) in [6.07, 6.45) is 6.83. The Kier molecular flexibility index (Phi) is 4.44. The van der Waals surface area contributed by atoms with Crippen molar-refractivity contribution in [3.63, 3.8) is 0 Å². The highest BCUT2D eigenvalue weighted by Crippen LogP contribution is 2.30. The molecule has 4 rings (SSSR count). The van der Waals surface area contributed by atoms with E-state index in [0.717, 1.165) is 57.0 Å². The average Bonchev–Trinajstić information content (AvgIpc) is 3.30. The Morgan fingerprint density at radius 2 is 2.23 bits per heavy atom. The van der Waals surface area contributed by atoms with Crippen LogP contribution in [0.25, 0.3) is 0 Å². The van der Waals surface area contributed by atoms with E-state index in [9.17, 15) is 4.79 Å². The zero-order valence-electron chi connectivity index (χ0n) is 14.9. The molecule has 1 fully saturated rings. The number of aromatic carboxylic acids is 1. The first-order valence-electron chi connectivity index (χ1n) is 9.10. The lowest BCUT2D eigenvalue weighted by atomic mass is 9.98. The van der Waals surface area contributed by atoms with Gasteiger partial charge >= 0.3 is 5.97 Å². The van der Waals surface area contributed by atoms with Gasteiger partial charge in [-0.1, -0.05) is 5.21 Å². The number of aryl methyl sites for hydroxylation is 1. The van der Waals surface area contributed by atoms with Gasteiger partial charge in [0.25, 0.3) is 0 Å². The SMILES string of the molecule is CNc1nc(N2CCCC(Cn3cc(C(=O)O)nn3)C2)nc2c1CCC2. The molecule has 138 valence electrons. The average molecular weight is 357 g/mol. The molecular formula is C17H23N7O2. The number of anilines is 2. The van der Waals surface area contributed by atoms with Crippen LogP contribution in [0, 0.1) is 5.92 Å². The second-order valence-electron chi connectivity index (χ2n) is 6.99. The standard InChI is InChI=1S/C17H23N7O2/c1-18-15-12-5-2-6-13(12)19-17(20-15)23-7-3-4-11(8-23)9-24-10-14(16(25)26)21-22-24/h10-11H,2-9H2,1H3,(H,25,26)(H,18,19,20). The summed E-state index contributed by atoms with van der Waals surface area (Å²) in [6.45, 7) is 2.43. The molecule has 0 spiro atoms. The van der Waals surface area contributed by atoms with Crippen LogP contribution in [-0.4, -0.2) is 56.2 Å². The Morgan fingerprint density at radius 1 is 1.35 bits per heavy atom. The van der Waals surface area contributed by atoms with Gasteiger partial charge in [0, 0.05) is 32.2 Å². The Hall–Kier alpha value is -2.71. The Labute approximate surface area is 151 Å². The normalized spacial score (nSPS) is 19.4. The van der Waals surface area contributed by atoms with Gasteiger partial charge in [-0.3, -0.25) is 4.68 Å². The summed E-state index contributed by atoms with van der Waals surface area (Å²) in [6, 6.07) is 0. The second kappa shape index (κ2) is 6.89. The fraction of sp³-hybridized carbons (Fsp3) is 0.588. The predicted molar refractivity (Wildman–Crippen MR) is 95.5 cm³/mol. The summed E-state index contributed by atoms with van der Waals surface area (Å²) in [5.41, 5.74) is 2.41. The minimum Gasteiger partial charge on any atom is -0.476 e. The fourth-order valence-corrected chi connectivity index (χ4v) is 3.91. The lowest BCUT2D eigenvalue weighted by molar-refractivity contribution is 0.0690. The lowest BCUT2D eigenvalue weighted by Crippen LogP contribution is -2.38. The molecule has 0 saturated carbocycles. The molecule has 0 amide bonds. The van der Waals surface area contributed by atoms with E-state index in [1.807, 2.05) is 7.05 Å². The molecule has 2 aromatic heterocycles. The number of carbonyl (C=O) groups is 1. The molecule has 2 aliphatic rings. The zero-order valence-corrected chi connectivity index (χ0v) is 14.9. The lowest BCUT2D eigenvalue weighted by Gasteiger charge is -2.33. The number of nitrogens with one attached hydrogen (secondary N) is 1. The van der Waals surface area contributed by atoms with Crippen LogP contribution < -0.4 is 10.2 Å². The topological polar surface area (TPSA) is 109 Å². The molecule has 1 aliphatic heterocycles. The first-order chi connectivity index (χ1) is 12.6. The third kappa shape index (κ3) is 3.21. The molecule has 1 saturated heterocycles. The maximum absolute atomic E-state index is 11.0. The first kappa shape index (κ1) is 16.7. The van der Waals surface area contributed by atoms with Gasteiger partial charge in [-0.05, 0) is 38.0 Å². The first-order valence-corrected chi connectivity index (χ1v) is 9.10. The van der Waals surface area contributed by atoms with Crippen LogP contribution in [0.15, 0.2) is 6.20 Å². The van der Waals surface area contributed by atoms with Crippen LogP contribution >= 0.6 is 0 Å². The quantitative estimate of drug-likeness (QED) is 0.822. The van der Waals surface area contributed by atoms with Gasteiger partial charge in [-0.25, -0.2) is 9.78 Å². The Bertz CT molecular complexity index is 819. The molecule has 1 aliphatic carbocycles. The van der Waals surface area contributed by atoms with Crippen LogP contribution in [-0.2, 0) is 19.4 Å². The van der Waals surface area contributed by atoms with E-state index in [-0.39, 0.29) is 5.69 Å². The molecule has 0 radical (unpaired) electrons. The maximum Gasteiger partial charge on any atom is 0.358 e. The Morgan fingerprint density at radius 3 is 3.00 bits per heavy atom. The predicted octanol–water partition coefficient (Wildman–Crippen LogP) is 1.21. The second-order valence-corrected chi connectivity index (χ2v) is 6.99. The van der Waals surface area contributed by atoms with Crippen molar-refractivity contribution in [1.29, 1.82) is 0 Å². The van der Waals surface area contributed by atoms with Gasteiger partial charge in [-0.2, -0.15) is 4.98 Å². The van der Waals surface area contributed by atoms with Crippen LogP contribution in [0.5, 0.6) is 0 Å². The van der Waals surface area contributed by atoms with E-state index < -0.39 is 5.97 Å². The van der Waals surface area contributed by atoms with E-state index in [4.69, 9.17) is 15.1 Å². The number of nitrogens with zero attached hydrogens (tertiary/aromatic N) is 6. The molecule has 9 nitrogen and oxygen atoms in total. The van der Waals surface area contributed by atoms with Crippen LogP contribution in [0.3, 0.4) is 0 Å². The summed E-state index contributed by atoms with van der Waals surface area (Å²) in [4.78, 5) is 22.8. The molecule has 0 aromatic carbocycles. The Balaban J connectivity index is 1.49. The van der Waals surface area contributed by atoms with Crippen molar-refractivity contribution in [2.75, 3.05) is 30.4 Å². The van der Waals surface area contributed by atoms with Crippen molar-refractivity contribution >= 4 is 17.7 Å². The molecular weight excluding hydrogens is 334 g/mol. The molecule has 0 bridgehead atoms. The summed E-state index contributed by atoms with van der Waals surface area (Å²) < 4.78 is 1.63. The van der Waals surface area contributed by atoms with E-state index in [1.54, 1.807) is 4.68 Å². The van der Waals surface area contributed by atoms with E-state index in [0.29, 0.717) is 12.5 Å². The summed E-state index contributed by atoms with van der Waals surface area (Å²) >= 11 is 0. The van der Waals surface area contributed by atoms with Crippen molar-refractivity contribution in [1.82, 2.24) is 25.0 Å². The highest BCUT2D eigenvalue weighted by Gasteiger charge is 2.26. The molecule has 26 heavy (non-hydrogen) atoms. The highest BCUT2D eigenvalue weighted by atomic mass is 16.4. The summed E-state index contributed by atoms with van der Waals surface area (Å²) in [5.74, 6) is 1.06. The third-order valence-electron chi connectivity index (χ3n) is 5.16. The van der Waals surface area contributed by atoms with Crippen molar-refractivity contribution in [3.8, 4) is 0 Å². The van der Waals surface area contributed by atoms with Crippen LogP contribution in [0.2, 0.25) is 0 Å². The van der Waals surface area contributed by atoms with Crippen LogP contribution in [0.1, 0.15) is 41.0 Å². The van der Waals surface area contributed by atoms with Gasteiger partial charge < -0.3 is 15.3 Å². The number of rotatable bonds is 5. The summed E-state index contributed by atoms with van der Waals surface area (Å²) in [7, 11) is 1.91. The molecule has 1 unspecified atom stereocenters. The largest absolute Gasteiger partial charge is 0.476 e. The zero-order chi connectivity index (χ0) is 18.1. The van der Waals surface area contributed by atoms with E-state index in [2.05, 4.69) is 20.5 Å². The van der Waals surface area contributed by atoms with Gasteiger partial charge in [0.15, 0.2) is 5.69 Å². The monoisotopic (exact) mass is 357 g/mol. The number of hydrogen-bond acceptors (Lipinski definition) is 7. The minimum atomic E-state index is -1.05. The fourth-order valence-electron chi connectivity index (χ4n) is 3.91. The molecule has 9 heteroatoms. The molecule has 2 N–H and O–H groups in total. The van der Waals surface area contributed by atoms with Gasteiger partial charge in [0.2, 0.25) is 5.95 Å². The molecule has 2 aromatic rings. The van der Waals surface area contributed by atoms with Crippen molar-refractivity contribution in [2.45, 2.75) is 38.6 Å².